The molecule has 0 radical (unpaired) electrons. The minimum Gasteiger partial charge on any atom is -0.320 e. The van der Waals surface area contributed by atoms with Crippen LogP contribution in [0.25, 0.3) is 10.9 Å². The second-order valence-electron chi connectivity index (χ2n) is 5.36. The zero-order valence-electron chi connectivity index (χ0n) is 12.1. The van der Waals surface area contributed by atoms with Crippen LogP contribution >= 0.6 is 0 Å². The van der Waals surface area contributed by atoms with Crippen molar-refractivity contribution in [3.8, 4) is 0 Å². The first-order valence-corrected chi connectivity index (χ1v) is 6.94. The zero-order chi connectivity index (χ0) is 15.0. The van der Waals surface area contributed by atoms with Crippen LogP contribution in [0.15, 0.2) is 48.5 Å². The first-order chi connectivity index (χ1) is 10.1. The molecule has 106 valence electrons. The molecule has 3 aromatic rings. The van der Waals surface area contributed by atoms with Crippen molar-refractivity contribution in [1.29, 1.82) is 0 Å². The standard InChI is InChI=1S/C18H17FN2/c1-11-7-8-13(10-16(11)19)18(20)15-9-12(2)21-17-6-4-3-5-14(15)17/h3-10,18H,20H2,1-2H3. The van der Waals surface area contributed by atoms with Crippen molar-refractivity contribution >= 4 is 10.9 Å². The molecule has 1 unspecified atom stereocenters. The average Bonchev–Trinajstić information content (AvgIpc) is 2.48. The summed E-state index contributed by atoms with van der Waals surface area (Å²) in [6, 6.07) is 14.7. The van der Waals surface area contributed by atoms with Gasteiger partial charge in [0, 0.05) is 11.1 Å². The normalized spacial score (nSPS) is 12.6. The summed E-state index contributed by atoms with van der Waals surface area (Å²) in [7, 11) is 0. The quantitative estimate of drug-likeness (QED) is 0.769. The summed E-state index contributed by atoms with van der Waals surface area (Å²) >= 11 is 0. The number of hydrogen-bond donors (Lipinski definition) is 1. The number of pyridine rings is 1. The Morgan fingerprint density at radius 3 is 2.57 bits per heavy atom. The molecule has 1 atom stereocenters. The van der Waals surface area contributed by atoms with E-state index in [9.17, 15) is 4.39 Å². The lowest BCUT2D eigenvalue weighted by Crippen LogP contribution is -2.13. The highest BCUT2D eigenvalue weighted by Crippen LogP contribution is 2.28. The molecule has 0 aliphatic heterocycles. The molecule has 0 amide bonds. The van der Waals surface area contributed by atoms with E-state index in [0.29, 0.717) is 5.56 Å². The predicted octanol–water partition coefficient (Wildman–Crippen LogP) is 4.04. The number of aryl methyl sites for hydroxylation is 2. The predicted molar refractivity (Wildman–Crippen MR) is 83.6 cm³/mol. The van der Waals surface area contributed by atoms with E-state index in [4.69, 9.17) is 5.73 Å². The lowest BCUT2D eigenvalue weighted by atomic mass is 9.95. The van der Waals surface area contributed by atoms with Gasteiger partial charge in [0.2, 0.25) is 0 Å². The number of halogens is 1. The molecule has 0 saturated carbocycles. The van der Waals surface area contributed by atoms with Crippen LogP contribution in [0.3, 0.4) is 0 Å². The molecule has 0 saturated heterocycles. The Kier molecular flexibility index (Phi) is 3.43. The van der Waals surface area contributed by atoms with Crippen molar-refractivity contribution in [1.82, 2.24) is 4.98 Å². The fourth-order valence-electron chi connectivity index (χ4n) is 2.58. The summed E-state index contributed by atoms with van der Waals surface area (Å²) in [5, 5.41) is 1.01. The number of nitrogens with zero attached hydrogens (tertiary/aromatic N) is 1. The topological polar surface area (TPSA) is 38.9 Å². The molecular formula is C18H17FN2. The van der Waals surface area contributed by atoms with Crippen molar-refractivity contribution in [2.45, 2.75) is 19.9 Å². The summed E-state index contributed by atoms with van der Waals surface area (Å²) in [6.45, 7) is 3.69. The Morgan fingerprint density at radius 1 is 1.05 bits per heavy atom. The van der Waals surface area contributed by atoms with E-state index in [2.05, 4.69) is 4.98 Å². The van der Waals surface area contributed by atoms with Crippen LogP contribution in [0.1, 0.15) is 28.4 Å². The van der Waals surface area contributed by atoms with Crippen molar-refractivity contribution in [2.24, 2.45) is 5.73 Å². The number of para-hydroxylation sites is 1. The first kappa shape index (κ1) is 13.7. The van der Waals surface area contributed by atoms with Gasteiger partial charge in [-0.25, -0.2) is 4.39 Å². The van der Waals surface area contributed by atoms with Gasteiger partial charge in [0.1, 0.15) is 5.82 Å². The summed E-state index contributed by atoms with van der Waals surface area (Å²) in [4.78, 5) is 4.51. The number of fused-ring (bicyclic) bond motifs is 1. The van der Waals surface area contributed by atoms with Crippen molar-refractivity contribution in [2.75, 3.05) is 0 Å². The molecule has 3 rings (SSSR count). The van der Waals surface area contributed by atoms with Gasteiger partial charge in [-0.1, -0.05) is 30.3 Å². The van der Waals surface area contributed by atoms with Gasteiger partial charge in [0.05, 0.1) is 11.6 Å². The van der Waals surface area contributed by atoms with Gasteiger partial charge in [0.15, 0.2) is 0 Å². The molecule has 21 heavy (non-hydrogen) atoms. The minimum atomic E-state index is -0.369. The van der Waals surface area contributed by atoms with Crippen LogP contribution in [0, 0.1) is 19.7 Å². The van der Waals surface area contributed by atoms with Crippen molar-refractivity contribution < 1.29 is 4.39 Å². The minimum absolute atomic E-state index is 0.224. The molecule has 1 heterocycles. The number of aromatic nitrogens is 1. The van der Waals surface area contributed by atoms with Gasteiger partial charge >= 0.3 is 0 Å². The number of hydrogen-bond acceptors (Lipinski definition) is 2. The van der Waals surface area contributed by atoms with Gasteiger partial charge in [-0.2, -0.15) is 0 Å². The number of nitrogens with two attached hydrogens (primary N) is 1. The van der Waals surface area contributed by atoms with Crippen LogP contribution in [-0.2, 0) is 0 Å². The third-order valence-electron chi connectivity index (χ3n) is 3.77. The van der Waals surface area contributed by atoms with Crippen LogP contribution in [0.4, 0.5) is 4.39 Å². The van der Waals surface area contributed by atoms with E-state index < -0.39 is 0 Å². The largest absolute Gasteiger partial charge is 0.320 e. The highest BCUT2D eigenvalue weighted by Gasteiger charge is 2.14. The van der Waals surface area contributed by atoms with Gasteiger partial charge < -0.3 is 5.73 Å². The lowest BCUT2D eigenvalue weighted by Gasteiger charge is -2.16. The molecule has 2 N–H and O–H groups in total. The maximum atomic E-state index is 13.8. The summed E-state index contributed by atoms with van der Waals surface area (Å²) in [5.74, 6) is -0.224. The lowest BCUT2D eigenvalue weighted by molar-refractivity contribution is 0.614. The van der Waals surface area contributed by atoms with Crippen LogP contribution in [0.5, 0.6) is 0 Å². The Labute approximate surface area is 123 Å². The Bertz CT molecular complexity index is 811. The van der Waals surface area contributed by atoms with Gasteiger partial charge in [-0.15, -0.1) is 0 Å². The van der Waals surface area contributed by atoms with Gasteiger partial charge in [-0.05, 0) is 48.7 Å². The van der Waals surface area contributed by atoms with Crippen molar-refractivity contribution in [3.63, 3.8) is 0 Å². The maximum absolute atomic E-state index is 13.8. The molecule has 1 aromatic heterocycles. The highest BCUT2D eigenvalue weighted by atomic mass is 19.1. The van der Waals surface area contributed by atoms with Crippen LogP contribution in [0.2, 0.25) is 0 Å². The highest BCUT2D eigenvalue weighted by molar-refractivity contribution is 5.83. The molecule has 0 bridgehead atoms. The molecule has 0 spiro atoms. The van der Waals surface area contributed by atoms with Crippen molar-refractivity contribution in [3.05, 3.63) is 76.7 Å². The Morgan fingerprint density at radius 2 is 1.81 bits per heavy atom. The molecule has 0 aliphatic carbocycles. The number of rotatable bonds is 2. The Hall–Kier alpha value is -2.26. The number of benzene rings is 2. The van der Waals surface area contributed by atoms with E-state index >= 15 is 0 Å². The van der Waals surface area contributed by atoms with E-state index in [1.54, 1.807) is 13.0 Å². The zero-order valence-corrected chi connectivity index (χ0v) is 12.1. The fraction of sp³-hybridized carbons (Fsp3) is 0.167. The SMILES string of the molecule is Cc1cc(C(N)c2ccc(C)c(F)c2)c2ccccc2n1. The fourth-order valence-corrected chi connectivity index (χ4v) is 2.58. The van der Waals surface area contributed by atoms with E-state index in [0.717, 1.165) is 27.7 Å². The van der Waals surface area contributed by atoms with E-state index in [-0.39, 0.29) is 11.9 Å². The summed E-state index contributed by atoms with van der Waals surface area (Å²) < 4.78 is 13.8. The van der Waals surface area contributed by atoms with Gasteiger partial charge in [0.25, 0.3) is 0 Å². The second kappa shape index (κ2) is 5.26. The monoisotopic (exact) mass is 280 g/mol. The Balaban J connectivity index is 2.16. The molecular weight excluding hydrogens is 263 g/mol. The third kappa shape index (κ3) is 2.52. The maximum Gasteiger partial charge on any atom is 0.126 e. The van der Waals surface area contributed by atoms with Crippen LogP contribution in [-0.4, -0.2) is 4.98 Å². The molecule has 2 aromatic carbocycles. The summed E-state index contributed by atoms with van der Waals surface area (Å²) in [5.41, 5.74) is 10.6. The van der Waals surface area contributed by atoms with E-state index in [1.807, 2.05) is 43.3 Å². The third-order valence-corrected chi connectivity index (χ3v) is 3.77. The van der Waals surface area contributed by atoms with Gasteiger partial charge in [-0.3, -0.25) is 4.98 Å². The molecule has 3 heteroatoms. The average molecular weight is 280 g/mol. The molecule has 0 aliphatic rings. The first-order valence-electron chi connectivity index (χ1n) is 6.94. The summed E-state index contributed by atoms with van der Waals surface area (Å²) in [6.07, 6.45) is 0. The van der Waals surface area contributed by atoms with Crippen LogP contribution < -0.4 is 5.73 Å². The van der Waals surface area contributed by atoms with E-state index in [1.165, 1.54) is 6.07 Å². The smallest absolute Gasteiger partial charge is 0.126 e. The molecule has 0 fully saturated rings. The molecule has 2 nitrogen and oxygen atoms in total. The second-order valence-corrected chi connectivity index (χ2v) is 5.36.